The number of fused-ring (bicyclic) bond motifs is 1. The molecule has 0 aromatic heterocycles. The van der Waals surface area contributed by atoms with Crippen LogP contribution in [0.5, 0.6) is 5.75 Å². The molecule has 0 fully saturated rings. The van der Waals surface area contributed by atoms with Crippen molar-refractivity contribution in [3.05, 3.63) is 64.1 Å². The Bertz CT molecular complexity index is 617. The van der Waals surface area contributed by atoms with Gasteiger partial charge in [0, 0.05) is 10.5 Å². The van der Waals surface area contributed by atoms with Gasteiger partial charge in [0.25, 0.3) is 0 Å². The highest BCUT2D eigenvalue weighted by atomic mass is 79.9. The van der Waals surface area contributed by atoms with Gasteiger partial charge in [-0.25, -0.2) is 0 Å². The predicted octanol–water partition coefficient (Wildman–Crippen LogP) is 3.91. The van der Waals surface area contributed by atoms with Gasteiger partial charge in [-0.3, -0.25) is 11.3 Å². The van der Waals surface area contributed by atoms with Gasteiger partial charge >= 0.3 is 0 Å². The molecule has 1 aliphatic rings. The summed E-state index contributed by atoms with van der Waals surface area (Å²) in [4.78, 5) is 0. The van der Waals surface area contributed by atoms with E-state index in [4.69, 9.17) is 10.6 Å². The Morgan fingerprint density at radius 1 is 1.24 bits per heavy atom. The third-order valence-corrected chi connectivity index (χ3v) is 4.55. The molecule has 1 aliphatic heterocycles. The summed E-state index contributed by atoms with van der Waals surface area (Å²) in [6.45, 7) is 0.775. The van der Waals surface area contributed by atoms with Gasteiger partial charge in [0.1, 0.15) is 5.75 Å². The summed E-state index contributed by atoms with van der Waals surface area (Å²) >= 11 is 3.52. The van der Waals surface area contributed by atoms with Gasteiger partial charge in [-0.15, -0.1) is 0 Å². The first-order valence-corrected chi connectivity index (χ1v) is 8.00. The molecule has 2 aromatic carbocycles. The maximum absolute atomic E-state index is 5.80. The molecule has 4 heteroatoms. The Balaban J connectivity index is 1.82. The van der Waals surface area contributed by atoms with E-state index in [0.29, 0.717) is 5.92 Å². The molecule has 3 rings (SSSR count). The number of nitrogens with one attached hydrogen (secondary N) is 1. The minimum absolute atomic E-state index is 0.138. The Morgan fingerprint density at radius 2 is 2.10 bits per heavy atom. The average molecular weight is 347 g/mol. The molecular formula is C17H19BrN2O. The van der Waals surface area contributed by atoms with Gasteiger partial charge in [-0.2, -0.15) is 0 Å². The number of halogens is 1. The molecule has 0 aliphatic carbocycles. The average Bonchev–Trinajstić information content (AvgIpc) is 2.52. The van der Waals surface area contributed by atoms with Gasteiger partial charge in [0.2, 0.25) is 0 Å². The van der Waals surface area contributed by atoms with Gasteiger partial charge in [0.15, 0.2) is 0 Å². The van der Waals surface area contributed by atoms with E-state index in [0.717, 1.165) is 29.7 Å². The van der Waals surface area contributed by atoms with Crippen molar-refractivity contribution in [3.63, 3.8) is 0 Å². The van der Waals surface area contributed by atoms with Gasteiger partial charge in [-0.05, 0) is 48.1 Å². The smallest absolute Gasteiger partial charge is 0.122 e. The summed E-state index contributed by atoms with van der Waals surface area (Å²) in [5, 5.41) is 0. The summed E-state index contributed by atoms with van der Waals surface area (Å²) in [5.41, 5.74) is 5.46. The first-order chi connectivity index (χ1) is 10.3. The number of hydrogen-bond acceptors (Lipinski definition) is 3. The van der Waals surface area contributed by atoms with Crippen LogP contribution >= 0.6 is 15.9 Å². The van der Waals surface area contributed by atoms with E-state index in [1.54, 1.807) is 0 Å². The molecule has 110 valence electrons. The second kappa shape index (κ2) is 6.60. The second-order valence-electron chi connectivity index (χ2n) is 5.38. The summed E-state index contributed by atoms with van der Waals surface area (Å²) in [6, 6.07) is 16.7. The van der Waals surface area contributed by atoms with Crippen molar-refractivity contribution >= 4 is 15.9 Å². The van der Waals surface area contributed by atoms with Crippen molar-refractivity contribution in [2.24, 2.45) is 5.84 Å². The fourth-order valence-corrected chi connectivity index (χ4v) is 3.39. The fourth-order valence-electron chi connectivity index (χ4n) is 2.97. The number of hydrazine groups is 1. The van der Waals surface area contributed by atoms with E-state index in [9.17, 15) is 0 Å². The number of ether oxygens (including phenoxy) is 1. The van der Waals surface area contributed by atoms with Crippen molar-refractivity contribution in [2.45, 2.75) is 24.8 Å². The lowest BCUT2D eigenvalue weighted by atomic mass is 9.86. The molecule has 2 aromatic rings. The summed E-state index contributed by atoms with van der Waals surface area (Å²) < 4.78 is 6.81. The largest absolute Gasteiger partial charge is 0.493 e. The van der Waals surface area contributed by atoms with E-state index in [-0.39, 0.29) is 6.04 Å². The molecular weight excluding hydrogens is 328 g/mol. The lowest BCUT2D eigenvalue weighted by Gasteiger charge is -2.29. The van der Waals surface area contributed by atoms with E-state index in [1.165, 1.54) is 11.1 Å². The summed E-state index contributed by atoms with van der Waals surface area (Å²) in [5.74, 6) is 7.28. The first kappa shape index (κ1) is 14.6. The van der Waals surface area contributed by atoms with Crippen LogP contribution in [0.15, 0.2) is 53.0 Å². The van der Waals surface area contributed by atoms with Crippen LogP contribution in [-0.2, 0) is 0 Å². The van der Waals surface area contributed by atoms with E-state index >= 15 is 0 Å². The Morgan fingerprint density at radius 3 is 2.90 bits per heavy atom. The van der Waals surface area contributed by atoms with Crippen LogP contribution in [0.1, 0.15) is 35.9 Å². The van der Waals surface area contributed by atoms with Crippen LogP contribution in [0.4, 0.5) is 0 Å². The van der Waals surface area contributed by atoms with Crippen molar-refractivity contribution in [3.8, 4) is 5.75 Å². The van der Waals surface area contributed by atoms with Crippen molar-refractivity contribution in [1.29, 1.82) is 0 Å². The standard InChI is InChI=1S/C17H19BrN2O/c18-14-5-3-4-13(10-14)16(20-19)11-12-8-9-21-17-7-2-1-6-15(12)17/h1-7,10,12,16,20H,8-9,11,19H2. The zero-order valence-electron chi connectivity index (χ0n) is 11.8. The summed E-state index contributed by atoms with van der Waals surface area (Å²) in [6.07, 6.45) is 2.00. The molecule has 2 unspecified atom stereocenters. The normalized spacial score (nSPS) is 18.7. The lowest BCUT2D eigenvalue weighted by Crippen LogP contribution is -2.30. The number of nitrogens with two attached hydrogens (primary N) is 1. The van der Waals surface area contributed by atoms with Gasteiger partial charge in [-0.1, -0.05) is 46.3 Å². The third kappa shape index (κ3) is 3.28. The number of benzene rings is 2. The molecule has 0 saturated heterocycles. The zero-order chi connectivity index (χ0) is 14.7. The molecule has 0 bridgehead atoms. The Hall–Kier alpha value is -1.36. The van der Waals surface area contributed by atoms with Gasteiger partial charge in [0.05, 0.1) is 6.61 Å². The second-order valence-corrected chi connectivity index (χ2v) is 6.30. The Labute approximate surface area is 133 Å². The van der Waals surface area contributed by atoms with Crippen LogP contribution in [0.2, 0.25) is 0 Å². The molecule has 0 spiro atoms. The molecule has 1 heterocycles. The molecule has 21 heavy (non-hydrogen) atoms. The van der Waals surface area contributed by atoms with Crippen molar-refractivity contribution in [1.82, 2.24) is 5.43 Å². The highest BCUT2D eigenvalue weighted by Crippen LogP contribution is 2.38. The minimum Gasteiger partial charge on any atom is -0.493 e. The van der Waals surface area contributed by atoms with Crippen LogP contribution in [0.3, 0.4) is 0 Å². The van der Waals surface area contributed by atoms with Crippen LogP contribution in [-0.4, -0.2) is 6.61 Å². The zero-order valence-corrected chi connectivity index (χ0v) is 13.3. The maximum atomic E-state index is 5.80. The molecule has 0 radical (unpaired) electrons. The lowest BCUT2D eigenvalue weighted by molar-refractivity contribution is 0.255. The van der Waals surface area contributed by atoms with Crippen molar-refractivity contribution < 1.29 is 4.74 Å². The highest BCUT2D eigenvalue weighted by molar-refractivity contribution is 9.10. The quantitative estimate of drug-likeness (QED) is 0.651. The fraction of sp³-hybridized carbons (Fsp3) is 0.294. The van der Waals surface area contributed by atoms with Gasteiger partial charge < -0.3 is 4.74 Å². The van der Waals surface area contributed by atoms with E-state index < -0.39 is 0 Å². The van der Waals surface area contributed by atoms with Crippen LogP contribution < -0.4 is 16.0 Å². The molecule has 0 amide bonds. The predicted molar refractivity (Wildman–Crippen MR) is 88.1 cm³/mol. The Kier molecular flexibility index (Phi) is 4.58. The number of hydrogen-bond donors (Lipinski definition) is 2. The highest BCUT2D eigenvalue weighted by Gasteiger charge is 2.24. The third-order valence-electron chi connectivity index (χ3n) is 4.06. The van der Waals surface area contributed by atoms with E-state index in [2.05, 4.69) is 45.6 Å². The van der Waals surface area contributed by atoms with Crippen LogP contribution in [0.25, 0.3) is 0 Å². The maximum Gasteiger partial charge on any atom is 0.122 e. The summed E-state index contributed by atoms with van der Waals surface area (Å²) in [7, 11) is 0. The number of para-hydroxylation sites is 1. The van der Waals surface area contributed by atoms with Crippen LogP contribution in [0, 0.1) is 0 Å². The first-order valence-electron chi connectivity index (χ1n) is 7.21. The molecule has 3 N–H and O–H groups in total. The van der Waals surface area contributed by atoms with E-state index in [1.807, 2.05) is 24.3 Å². The number of rotatable bonds is 4. The van der Waals surface area contributed by atoms with Crippen molar-refractivity contribution in [2.75, 3.05) is 6.61 Å². The molecule has 0 saturated carbocycles. The minimum atomic E-state index is 0.138. The topological polar surface area (TPSA) is 47.3 Å². The SMILES string of the molecule is NNC(CC1CCOc2ccccc21)c1cccc(Br)c1. The monoisotopic (exact) mass is 346 g/mol. The molecule has 3 nitrogen and oxygen atoms in total. The molecule has 2 atom stereocenters.